The van der Waals surface area contributed by atoms with Crippen LogP contribution in [0.25, 0.3) is 0 Å². The summed E-state index contributed by atoms with van der Waals surface area (Å²) in [6, 6.07) is 0.302. The monoisotopic (exact) mass is 236 g/mol. The molecule has 0 amide bonds. The van der Waals surface area contributed by atoms with Crippen LogP contribution in [-0.4, -0.2) is 50.6 Å². The maximum absolute atomic E-state index is 10.7. The van der Waals surface area contributed by atoms with Crippen molar-refractivity contribution in [2.45, 2.75) is 25.3 Å². The Balaban J connectivity index is 1.51. The van der Waals surface area contributed by atoms with E-state index in [4.69, 9.17) is 5.11 Å². The highest BCUT2D eigenvalue weighted by Gasteiger charge is 2.32. The van der Waals surface area contributed by atoms with Gasteiger partial charge in [-0.25, -0.2) is 9.48 Å². The highest BCUT2D eigenvalue weighted by atomic mass is 16.4. The van der Waals surface area contributed by atoms with Crippen LogP contribution in [0.2, 0.25) is 0 Å². The molecule has 2 fully saturated rings. The van der Waals surface area contributed by atoms with E-state index in [1.165, 1.54) is 32.0 Å². The first-order valence-corrected chi connectivity index (χ1v) is 6.10. The highest BCUT2D eigenvalue weighted by molar-refractivity contribution is 5.84. The van der Waals surface area contributed by atoms with E-state index in [9.17, 15) is 4.79 Å². The number of likely N-dealkylation sites (tertiary alicyclic amines) is 1. The Morgan fingerprint density at radius 1 is 1.47 bits per heavy atom. The lowest BCUT2D eigenvalue weighted by Crippen LogP contribution is -2.50. The van der Waals surface area contributed by atoms with Crippen LogP contribution >= 0.6 is 0 Å². The minimum Gasteiger partial charge on any atom is -0.476 e. The van der Waals surface area contributed by atoms with Crippen LogP contribution in [0.5, 0.6) is 0 Å². The molecule has 3 rings (SSSR count). The van der Waals surface area contributed by atoms with Crippen molar-refractivity contribution < 1.29 is 9.90 Å². The summed E-state index contributed by atoms with van der Waals surface area (Å²) >= 11 is 0. The smallest absolute Gasteiger partial charge is 0.358 e. The van der Waals surface area contributed by atoms with Crippen molar-refractivity contribution in [2.24, 2.45) is 5.92 Å². The van der Waals surface area contributed by atoms with E-state index in [1.54, 1.807) is 4.68 Å². The van der Waals surface area contributed by atoms with Gasteiger partial charge in [-0.3, -0.25) is 4.90 Å². The summed E-state index contributed by atoms with van der Waals surface area (Å²) in [5.74, 6) is -0.122. The van der Waals surface area contributed by atoms with Crippen molar-refractivity contribution in [1.82, 2.24) is 19.9 Å². The Morgan fingerprint density at radius 2 is 2.24 bits per heavy atom. The molecule has 1 aromatic rings. The molecule has 92 valence electrons. The number of carboxylic acid groups (broad SMARTS) is 1. The predicted octanol–water partition coefficient (Wildman–Crippen LogP) is 0.633. The summed E-state index contributed by atoms with van der Waals surface area (Å²) in [5.41, 5.74) is 0.0300. The second kappa shape index (κ2) is 4.10. The summed E-state index contributed by atoms with van der Waals surface area (Å²) in [5, 5.41) is 16.2. The van der Waals surface area contributed by atoms with E-state index in [0.717, 1.165) is 19.0 Å². The third-order valence-electron chi connectivity index (χ3n) is 3.78. The van der Waals surface area contributed by atoms with E-state index in [0.29, 0.717) is 6.04 Å². The van der Waals surface area contributed by atoms with Gasteiger partial charge in [0, 0.05) is 19.6 Å². The fourth-order valence-corrected chi connectivity index (χ4v) is 2.45. The maximum atomic E-state index is 10.7. The van der Waals surface area contributed by atoms with Gasteiger partial charge in [0.05, 0.1) is 12.2 Å². The van der Waals surface area contributed by atoms with Crippen molar-refractivity contribution in [3.63, 3.8) is 0 Å². The summed E-state index contributed by atoms with van der Waals surface area (Å²) in [6.07, 6.45) is 5.64. The zero-order valence-electron chi connectivity index (χ0n) is 9.62. The number of hydrogen-bond donors (Lipinski definition) is 1. The van der Waals surface area contributed by atoms with Gasteiger partial charge in [-0.05, 0) is 18.8 Å². The molecule has 6 nitrogen and oxygen atoms in total. The van der Waals surface area contributed by atoms with E-state index in [1.807, 2.05) is 0 Å². The van der Waals surface area contributed by atoms with Crippen LogP contribution < -0.4 is 0 Å². The largest absolute Gasteiger partial charge is 0.476 e. The Morgan fingerprint density at radius 3 is 2.76 bits per heavy atom. The SMILES string of the molecule is O=C(O)c1cn(C2CN(CC3CCC3)C2)nn1. The van der Waals surface area contributed by atoms with Gasteiger partial charge in [0.25, 0.3) is 0 Å². The molecule has 0 atom stereocenters. The molecule has 1 saturated carbocycles. The average Bonchev–Trinajstić information content (AvgIpc) is 2.61. The van der Waals surface area contributed by atoms with Crippen LogP contribution in [-0.2, 0) is 0 Å². The van der Waals surface area contributed by atoms with Crippen molar-refractivity contribution in [3.05, 3.63) is 11.9 Å². The van der Waals surface area contributed by atoms with Crippen molar-refractivity contribution >= 4 is 5.97 Å². The second-order valence-electron chi connectivity index (χ2n) is 5.06. The van der Waals surface area contributed by atoms with E-state index in [2.05, 4.69) is 15.2 Å². The Kier molecular flexibility index (Phi) is 2.58. The fourth-order valence-electron chi connectivity index (χ4n) is 2.45. The number of rotatable bonds is 4. The van der Waals surface area contributed by atoms with Gasteiger partial charge in [-0.1, -0.05) is 11.6 Å². The number of nitrogens with zero attached hydrogens (tertiary/aromatic N) is 4. The standard InChI is InChI=1S/C11H16N4O2/c16-11(17)10-7-15(13-12-10)9-5-14(6-9)4-8-2-1-3-8/h7-9H,1-6H2,(H,16,17). The molecule has 0 radical (unpaired) electrons. The van der Waals surface area contributed by atoms with Crippen molar-refractivity contribution in [1.29, 1.82) is 0 Å². The summed E-state index contributed by atoms with van der Waals surface area (Å²) in [7, 11) is 0. The van der Waals surface area contributed by atoms with Gasteiger partial charge in [-0.15, -0.1) is 5.10 Å². The quantitative estimate of drug-likeness (QED) is 0.830. The molecule has 6 heteroatoms. The Labute approximate surface area is 99.2 Å². The molecule has 17 heavy (non-hydrogen) atoms. The molecule has 1 aromatic heterocycles. The van der Waals surface area contributed by atoms with E-state index < -0.39 is 5.97 Å². The number of aromatic carboxylic acids is 1. The number of hydrogen-bond acceptors (Lipinski definition) is 4. The highest BCUT2D eigenvalue weighted by Crippen LogP contribution is 2.30. The molecule has 2 aliphatic rings. The van der Waals surface area contributed by atoms with Crippen molar-refractivity contribution in [3.8, 4) is 0 Å². The summed E-state index contributed by atoms with van der Waals surface area (Å²) in [6.45, 7) is 3.13. The first-order chi connectivity index (χ1) is 8.22. The molecule has 0 spiro atoms. The normalized spacial score (nSPS) is 22.1. The average molecular weight is 236 g/mol. The number of carbonyl (C=O) groups is 1. The second-order valence-corrected chi connectivity index (χ2v) is 5.06. The van der Waals surface area contributed by atoms with Crippen LogP contribution in [0.3, 0.4) is 0 Å². The molecule has 1 saturated heterocycles. The predicted molar refractivity (Wildman–Crippen MR) is 59.8 cm³/mol. The van der Waals surface area contributed by atoms with Crippen molar-refractivity contribution in [2.75, 3.05) is 19.6 Å². The van der Waals surface area contributed by atoms with Gasteiger partial charge in [0.1, 0.15) is 0 Å². The minimum atomic E-state index is -1.01. The lowest BCUT2D eigenvalue weighted by molar-refractivity contribution is 0.0624. The molecular formula is C11H16N4O2. The maximum Gasteiger partial charge on any atom is 0.358 e. The van der Waals surface area contributed by atoms with Gasteiger partial charge in [0.15, 0.2) is 5.69 Å². The van der Waals surface area contributed by atoms with Crippen LogP contribution in [0.1, 0.15) is 35.8 Å². The molecule has 1 aliphatic carbocycles. The summed E-state index contributed by atoms with van der Waals surface area (Å²) in [4.78, 5) is 13.1. The van der Waals surface area contributed by atoms with Crippen LogP contribution in [0.15, 0.2) is 6.20 Å². The third kappa shape index (κ3) is 2.04. The molecule has 0 aromatic carbocycles. The molecule has 0 unspecified atom stereocenters. The lowest BCUT2D eigenvalue weighted by atomic mass is 9.84. The summed E-state index contributed by atoms with van der Waals surface area (Å²) < 4.78 is 1.68. The zero-order valence-corrected chi connectivity index (χ0v) is 9.62. The number of aromatic nitrogens is 3. The first-order valence-electron chi connectivity index (χ1n) is 6.10. The van der Waals surface area contributed by atoms with Crippen LogP contribution in [0, 0.1) is 5.92 Å². The van der Waals surface area contributed by atoms with E-state index >= 15 is 0 Å². The Bertz CT molecular complexity index is 421. The van der Waals surface area contributed by atoms with Gasteiger partial charge >= 0.3 is 5.97 Å². The first kappa shape index (κ1) is 10.7. The fraction of sp³-hybridized carbons (Fsp3) is 0.727. The van der Waals surface area contributed by atoms with Crippen LogP contribution in [0.4, 0.5) is 0 Å². The molecule has 1 aliphatic heterocycles. The zero-order chi connectivity index (χ0) is 11.8. The lowest BCUT2D eigenvalue weighted by Gasteiger charge is -2.42. The minimum absolute atomic E-state index is 0.0300. The third-order valence-corrected chi connectivity index (χ3v) is 3.78. The molecular weight excluding hydrogens is 220 g/mol. The molecule has 0 bridgehead atoms. The topological polar surface area (TPSA) is 71.2 Å². The number of carboxylic acids is 1. The Hall–Kier alpha value is -1.43. The molecule has 1 N–H and O–H groups in total. The molecule has 2 heterocycles. The van der Waals surface area contributed by atoms with Gasteiger partial charge in [-0.2, -0.15) is 0 Å². The van der Waals surface area contributed by atoms with Gasteiger partial charge < -0.3 is 5.11 Å². The van der Waals surface area contributed by atoms with Gasteiger partial charge in [0.2, 0.25) is 0 Å². The van der Waals surface area contributed by atoms with E-state index in [-0.39, 0.29) is 5.69 Å².